The van der Waals surface area contributed by atoms with Crippen molar-refractivity contribution < 1.29 is 9.53 Å². The maximum atomic E-state index is 11.7. The molecule has 0 spiro atoms. The molecule has 0 aliphatic carbocycles. The summed E-state index contributed by atoms with van der Waals surface area (Å²) in [5.74, 6) is 0.172. The number of piperidine rings is 1. The molecule has 1 atom stereocenters. The number of ether oxygens (including phenoxy) is 1. The summed E-state index contributed by atoms with van der Waals surface area (Å²) < 4.78 is 5.35. The van der Waals surface area contributed by atoms with Crippen LogP contribution >= 0.6 is 0 Å². The van der Waals surface area contributed by atoms with Crippen LogP contribution in [0.4, 0.5) is 0 Å². The summed E-state index contributed by atoms with van der Waals surface area (Å²) in [4.78, 5) is 13.6. The van der Waals surface area contributed by atoms with Crippen LogP contribution in [-0.4, -0.2) is 42.6 Å². The van der Waals surface area contributed by atoms with Crippen LogP contribution in [-0.2, 0) is 9.53 Å². The van der Waals surface area contributed by atoms with Gasteiger partial charge < -0.3 is 15.4 Å². The van der Waals surface area contributed by atoms with E-state index < -0.39 is 0 Å². The second kappa shape index (κ2) is 6.08. The molecule has 1 aliphatic rings. The Morgan fingerprint density at radius 2 is 2.33 bits per heavy atom. The molecule has 4 nitrogen and oxygen atoms in total. The smallest absolute Gasteiger partial charge is 0.224 e. The number of hydrogen-bond donors (Lipinski definition) is 1. The lowest BCUT2D eigenvalue weighted by atomic mass is 10.1. The van der Waals surface area contributed by atoms with E-state index in [0.29, 0.717) is 19.6 Å². The van der Waals surface area contributed by atoms with Gasteiger partial charge in [0.15, 0.2) is 0 Å². The third-order valence-electron chi connectivity index (χ3n) is 2.58. The molecule has 0 aromatic carbocycles. The normalized spacial score (nSPS) is 22.1. The summed E-state index contributed by atoms with van der Waals surface area (Å²) in [7, 11) is 0. The highest BCUT2D eigenvalue weighted by Crippen LogP contribution is 2.09. The fraction of sp³-hybridized carbons (Fsp3) is 0.909. The molecule has 1 aliphatic heterocycles. The number of nitrogens with zero attached hydrogens (tertiary/aromatic N) is 1. The Morgan fingerprint density at radius 3 is 2.93 bits per heavy atom. The van der Waals surface area contributed by atoms with Crippen molar-refractivity contribution in [3.63, 3.8) is 0 Å². The van der Waals surface area contributed by atoms with E-state index in [2.05, 4.69) is 0 Å². The second-order valence-electron chi connectivity index (χ2n) is 4.41. The van der Waals surface area contributed by atoms with E-state index in [1.54, 1.807) is 0 Å². The summed E-state index contributed by atoms with van der Waals surface area (Å²) in [6.45, 7) is 6.03. The van der Waals surface area contributed by atoms with Gasteiger partial charge >= 0.3 is 0 Å². The molecule has 1 heterocycles. The average Bonchev–Trinajstić information content (AvgIpc) is 2.17. The van der Waals surface area contributed by atoms with Crippen LogP contribution < -0.4 is 5.73 Å². The molecule has 0 unspecified atom stereocenters. The largest absolute Gasteiger partial charge is 0.378 e. The van der Waals surface area contributed by atoms with Gasteiger partial charge in [-0.3, -0.25) is 4.79 Å². The highest BCUT2D eigenvalue weighted by atomic mass is 16.5. The number of nitrogens with two attached hydrogens (primary N) is 1. The van der Waals surface area contributed by atoms with E-state index in [0.717, 1.165) is 19.4 Å². The SMILES string of the molecule is CC(C)OCCC(=O)N1CCC[C@@H](N)C1. The van der Waals surface area contributed by atoms with Crippen molar-refractivity contribution in [1.29, 1.82) is 0 Å². The van der Waals surface area contributed by atoms with Gasteiger partial charge in [0.05, 0.1) is 19.1 Å². The van der Waals surface area contributed by atoms with Crippen LogP contribution in [0.25, 0.3) is 0 Å². The first kappa shape index (κ1) is 12.5. The van der Waals surface area contributed by atoms with Gasteiger partial charge in [-0.1, -0.05) is 0 Å². The minimum absolute atomic E-state index is 0.161. The van der Waals surface area contributed by atoms with Crippen molar-refractivity contribution in [2.45, 2.75) is 45.3 Å². The van der Waals surface area contributed by atoms with Crippen molar-refractivity contribution in [1.82, 2.24) is 4.90 Å². The minimum Gasteiger partial charge on any atom is -0.378 e. The summed E-state index contributed by atoms with van der Waals surface area (Å²) in [5, 5.41) is 0. The Hall–Kier alpha value is -0.610. The Kier molecular flexibility index (Phi) is 5.05. The van der Waals surface area contributed by atoms with E-state index in [1.165, 1.54) is 0 Å². The lowest BCUT2D eigenvalue weighted by Gasteiger charge is -2.30. The maximum absolute atomic E-state index is 11.7. The molecule has 0 aromatic heterocycles. The Bertz CT molecular complexity index is 207. The number of carbonyl (C=O) groups excluding carboxylic acids is 1. The van der Waals surface area contributed by atoms with Gasteiger partial charge in [-0.15, -0.1) is 0 Å². The standard InChI is InChI=1S/C11H22N2O2/c1-9(2)15-7-5-11(14)13-6-3-4-10(12)8-13/h9-10H,3-8,12H2,1-2H3/t10-/m1/s1. The van der Waals surface area contributed by atoms with Gasteiger partial charge in [0, 0.05) is 19.1 Å². The van der Waals surface area contributed by atoms with Crippen LogP contribution in [0.5, 0.6) is 0 Å². The van der Waals surface area contributed by atoms with E-state index in [9.17, 15) is 4.79 Å². The predicted molar refractivity (Wildman–Crippen MR) is 59.5 cm³/mol. The number of likely N-dealkylation sites (tertiary alicyclic amines) is 1. The van der Waals surface area contributed by atoms with Gasteiger partial charge in [-0.05, 0) is 26.7 Å². The summed E-state index contributed by atoms with van der Waals surface area (Å²) >= 11 is 0. The first-order chi connectivity index (χ1) is 7.09. The summed E-state index contributed by atoms with van der Waals surface area (Å²) in [5.41, 5.74) is 5.81. The zero-order chi connectivity index (χ0) is 11.3. The quantitative estimate of drug-likeness (QED) is 0.751. The maximum Gasteiger partial charge on any atom is 0.224 e. The third kappa shape index (κ3) is 4.62. The van der Waals surface area contributed by atoms with E-state index in [1.807, 2.05) is 18.7 Å². The first-order valence-corrected chi connectivity index (χ1v) is 5.74. The first-order valence-electron chi connectivity index (χ1n) is 5.74. The van der Waals surface area contributed by atoms with Crippen molar-refractivity contribution in [3.05, 3.63) is 0 Å². The fourth-order valence-electron chi connectivity index (χ4n) is 1.78. The molecule has 2 N–H and O–H groups in total. The van der Waals surface area contributed by atoms with Crippen LogP contribution in [0.2, 0.25) is 0 Å². The van der Waals surface area contributed by atoms with Crippen molar-refractivity contribution in [3.8, 4) is 0 Å². The molecule has 0 bridgehead atoms. The van der Waals surface area contributed by atoms with Crippen LogP contribution in [0.1, 0.15) is 33.1 Å². The molecule has 1 saturated heterocycles. The third-order valence-corrected chi connectivity index (χ3v) is 2.58. The zero-order valence-corrected chi connectivity index (χ0v) is 9.74. The molecular weight excluding hydrogens is 192 g/mol. The molecule has 0 radical (unpaired) electrons. The van der Waals surface area contributed by atoms with Gasteiger partial charge in [-0.2, -0.15) is 0 Å². The molecule has 1 amide bonds. The molecular formula is C11H22N2O2. The topological polar surface area (TPSA) is 55.6 Å². The molecule has 15 heavy (non-hydrogen) atoms. The van der Waals surface area contributed by atoms with Gasteiger partial charge in [0.1, 0.15) is 0 Å². The Balaban J connectivity index is 2.21. The summed E-state index contributed by atoms with van der Waals surface area (Å²) in [6, 6.07) is 0.161. The Labute approximate surface area is 91.8 Å². The number of amides is 1. The van der Waals surface area contributed by atoms with Crippen LogP contribution in [0, 0.1) is 0 Å². The van der Waals surface area contributed by atoms with E-state index >= 15 is 0 Å². The lowest BCUT2D eigenvalue weighted by molar-refractivity contribution is -0.133. The molecule has 0 aromatic rings. The van der Waals surface area contributed by atoms with Gasteiger partial charge in [-0.25, -0.2) is 0 Å². The van der Waals surface area contributed by atoms with E-state index in [-0.39, 0.29) is 18.1 Å². The van der Waals surface area contributed by atoms with Crippen molar-refractivity contribution in [2.24, 2.45) is 5.73 Å². The summed E-state index contributed by atoms with van der Waals surface area (Å²) in [6.07, 6.45) is 2.73. The van der Waals surface area contributed by atoms with Crippen LogP contribution in [0.3, 0.4) is 0 Å². The number of rotatable bonds is 4. The zero-order valence-electron chi connectivity index (χ0n) is 9.74. The molecule has 4 heteroatoms. The van der Waals surface area contributed by atoms with Gasteiger partial charge in [0.25, 0.3) is 0 Å². The van der Waals surface area contributed by atoms with Crippen molar-refractivity contribution in [2.75, 3.05) is 19.7 Å². The highest BCUT2D eigenvalue weighted by Gasteiger charge is 2.20. The van der Waals surface area contributed by atoms with Crippen molar-refractivity contribution >= 4 is 5.91 Å². The van der Waals surface area contributed by atoms with Crippen LogP contribution in [0.15, 0.2) is 0 Å². The highest BCUT2D eigenvalue weighted by molar-refractivity contribution is 5.76. The minimum atomic E-state index is 0.161. The molecule has 0 saturated carbocycles. The number of carbonyl (C=O) groups is 1. The molecule has 1 fully saturated rings. The van der Waals surface area contributed by atoms with Gasteiger partial charge in [0.2, 0.25) is 5.91 Å². The monoisotopic (exact) mass is 214 g/mol. The predicted octanol–water partition coefficient (Wildman–Crippen LogP) is 0.751. The number of hydrogen-bond acceptors (Lipinski definition) is 3. The lowest BCUT2D eigenvalue weighted by Crippen LogP contribution is -2.45. The average molecular weight is 214 g/mol. The second-order valence-corrected chi connectivity index (χ2v) is 4.41. The fourth-order valence-corrected chi connectivity index (χ4v) is 1.78. The Morgan fingerprint density at radius 1 is 1.60 bits per heavy atom. The molecule has 1 rings (SSSR count). The van der Waals surface area contributed by atoms with E-state index in [4.69, 9.17) is 10.5 Å². The molecule has 88 valence electrons.